The Bertz CT molecular complexity index is 568. The van der Waals surface area contributed by atoms with E-state index in [0.717, 1.165) is 11.1 Å². The topological polar surface area (TPSA) is 61.9 Å². The number of allylic oxidation sites excluding steroid dienone is 2. The molecule has 4 nitrogen and oxygen atoms in total. The highest BCUT2D eigenvalue weighted by Crippen LogP contribution is 2.33. The van der Waals surface area contributed by atoms with E-state index in [4.69, 9.17) is 5.84 Å². The van der Waals surface area contributed by atoms with Crippen LogP contribution < -0.4 is 5.84 Å². The molecule has 3 N–H and O–H groups in total. The number of benzene rings is 1. The molecule has 0 amide bonds. The zero-order valence-electron chi connectivity index (χ0n) is 13.3. The van der Waals surface area contributed by atoms with Gasteiger partial charge in [-0.2, -0.15) is 0 Å². The van der Waals surface area contributed by atoms with Crippen LogP contribution in [-0.4, -0.2) is 16.8 Å². The number of hydrogen-bond acceptors (Lipinski definition) is 4. The number of phenolic OH excluding ortho intramolecular Hbond substituents is 1. The highest BCUT2D eigenvalue weighted by atomic mass is 16.3. The third kappa shape index (κ3) is 4.46. The van der Waals surface area contributed by atoms with Crippen LogP contribution in [0.25, 0.3) is 0 Å². The molecule has 114 valence electrons. The molecule has 0 unspecified atom stereocenters. The lowest BCUT2D eigenvalue weighted by Gasteiger charge is -2.29. The molecule has 0 aliphatic rings. The van der Waals surface area contributed by atoms with Crippen LogP contribution in [0.5, 0.6) is 5.75 Å². The van der Waals surface area contributed by atoms with Crippen LogP contribution in [0.2, 0.25) is 0 Å². The third-order valence-corrected chi connectivity index (χ3v) is 3.26. The van der Waals surface area contributed by atoms with Crippen molar-refractivity contribution >= 4 is 6.72 Å². The Morgan fingerprint density at radius 1 is 1.38 bits per heavy atom. The van der Waals surface area contributed by atoms with Gasteiger partial charge in [0, 0.05) is 5.70 Å². The van der Waals surface area contributed by atoms with Crippen LogP contribution in [0.1, 0.15) is 33.3 Å². The van der Waals surface area contributed by atoms with E-state index in [1.807, 2.05) is 19.1 Å². The van der Waals surface area contributed by atoms with Crippen molar-refractivity contribution in [1.29, 1.82) is 0 Å². The quantitative estimate of drug-likeness (QED) is 0.494. The van der Waals surface area contributed by atoms with E-state index in [0.29, 0.717) is 17.9 Å². The van der Waals surface area contributed by atoms with Gasteiger partial charge in [-0.1, -0.05) is 39.5 Å². The molecular weight excluding hydrogens is 262 g/mol. The van der Waals surface area contributed by atoms with Gasteiger partial charge >= 0.3 is 0 Å². The Kier molecular flexibility index (Phi) is 5.33. The summed E-state index contributed by atoms with van der Waals surface area (Å²) in [5.41, 5.74) is 2.58. The summed E-state index contributed by atoms with van der Waals surface area (Å²) in [7, 11) is 0. The second-order valence-corrected chi connectivity index (χ2v) is 6.16. The Morgan fingerprint density at radius 2 is 2.00 bits per heavy atom. The fourth-order valence-corrected chi connectivity index (χ4v) is 2.05. The molecule has 0 heterocycles. The van der Waals surface area contributed by atoms with Crippen LogP contribution in [0.3, 0.4) is 0 Å². The molecule has 0 aliphatic carbocycles. The van der Waals surface area contributed by atoms with Crippen molar-refractivity contribution < 1.29 is 5.11 Å². The van der Waals surface area contributed by atoms with Crippen molar-refractivity contribution in [3.05, 3.63) is 53.5 Å². The number of aromatic hydroxyl groups is 1. The lowest BCUT2D eigenvalue weighted by molar-refractivity contribution is 0.402. The largest absolute Gasteiger partial charge is 0.508 e. The second kappa shape index (κ2) is 6.59. The maximum absolute atomic E-state index is 9.62. The Hall–Kier alpha value is -2.07. The molecule has 0 aromatic heterocycles. The lowest BCUT2D eigenvalue weighted by Crippen LogP contribution is -2.31. The monoisotopic (exact) mass is 287 g/mol. The molecule has 1 aromatic carbocycles. The van der Waals surface area contributed by atoms with Crippen molar-refractivity contribution in [2.75, 3.05) is 0 Å². The van der Waals surface area contributed by atoms with Crippen LogP contribution in [0.15, 0.2) is 52.9 Å². The smallest absolute Gasteiger partial charge is 0.146 e. The van der Waals surface area contributed by atoms with Crippen molar-refractivity contribution in [1.82, 2.24) is 5.01 Å². The number of phenols is 1. The van der Waals surface area contributed by atoms with E-state index < -0.39 is 0 Å². The van der Waals surface area contributed by atoms with E-state index >= 15 is 0 Å². The average molecular weight is 287 g/mol. The molecular formula is C17H25N3O. The summed E-state index contributed by atoms with van der Waals surface area (Å²) in [5, 5.41) is 11.1. The number of nitrogens with zero attached hydrogens (tertiary/aromatic N) is 2. The van der Waals surface area contributed by atoms with E-state index in [-0.39, 0.29) is 11.2 Å². The number of hydrazine groups is 1. The van der Waals surface area contributed by atoms with Crippen molar-refractivity contribution in [2.24, 2.45) is 16.3 Å². The molecule has 0 radical (unpaired) electrons. The summed E-state index contributed by atoms with van der Waals surface area (Å²) >= 11 is 0. The van der Waals surface area contributed by atoms with Gasteiger partial charge in [0.05, 0.1) is 0 Å². The van der Waals surface area contributed by atoms with E-state index in [1.165, 1.54) is 5.01 Å². The maximum atomic E-state index is 9.62. The molecule has 1 aromatic rings. The van der Waals surface area contributed by atoms with Gasteiger partial charge in [0.15, 0.2) is 0 Å². The van der Waals surface area contributed by atoms with E-state index in [9.17, 15) is 5.11 Å². The molecule has 0 aliphatic heterocycles. The highest BCUT2D eigenvalue weighted by Gasteiger charge is 2.24. The standard InChI is InChI=1S/C17H25N3O/c1-12(2)20(18)16(19-6)15(17(3,4)5)11-13-8-7-9-14(21)10-13/h7-10,21H,1,6,11,18H2,2-5H3/b16-15+. The van der Waals surface area contributed by atoms with Gasteiger partial charge in [0.2, 0.25) is 0 Å². The first kappa shape index (κ1) is 17.0. The Labute approximate surface area is 127 Å². The molecule has 0 fully saturated rings. The molecule has 0 saturated carbocycles. The van der Waals surface area contributed by atoms with Gasteiger partial charge in [-0.25, -0.2) is 10.8 Å². The van der Waals surface area contributed by atoms with Crippen molar-refractivity contribution in [3.63, 3.8) is 0 Å². The zero-order valence-corrected chi connectivity index (χ0v) is 13.3. The van der Waals surface area contributed by atoms with E-state index in [2.05, 4.69) is 39.1 Å². The zero-order chi connectivity index (χ0) is 16.2. The highest BCUT2D eigenvalue weighted by molar-refractivity contribution is 5.37. The van der Waals surface area contributed by atoms with Crippen LogP contribution >= 0.6 is 0 Å². The minimum absolute atomic E-state index is 0.144. The van der Waals surface area contributed by atoms with E-state index in [1.54, 1.807) is 12.1 Å². The Balaban J connectivity index is 3.34. The minimum atomic E-state index is -0.144. The molecule has 0 atom stereocenters. The molecule has 0 spiro atoms. The number of hydrogen-bond donors (Lipinski definition) is 2. The minimum Gasteiger partial charge on any atom is -0.508 e. The van der Waals surface area contributed by atoms with Gasteiger partial charge in [-0.15, -0.1) is 0 Å². The molecule has 0 bridgehead atoms. The van der Waals surface area contributed by atoms with Crippen molar-refractivity contribution in [2.45, 2.75) is 34.1 Å². The number of nitrogens with two attached hydrogens (primary N) is 1. The maximum Gasteiger partial charge on any atom is 0.146 e. The normalized spacial score (nSPS) is 12.6. The Morgan fingerprint density at radius 3 is 2.43 bits per heavy atom. The SMILES string of the molecule is C=N/C(=C(/Cc1cccc(O)c1)C(C)(C)C)N(N)C(=C)C. The van der Waals surface area contributed by atoms with Crippen LogP contribution in [0.4, 0.5) is 0 Å². The predicted molar refractivity (Wildman–Crippen MR) is 88.7 cm³/mol. The summed E-state index contributed by atoms with van der Waals surface area (Å²) < 4.78 is 0. The fraction of sp³-hybridized carbons (Fsp3) is 0.353. The summed E-state index contributed by atoms with van der Waals surface area (Å²) in [4.78, 5) is 4.10. The third-order valence-electron chi connectivity index (χ3n) is 3.26. The van der Waals surface area contributed by atoms with Gasteiger partial charge in [-0.3, -0.25) is 5.01 Å². The summed E-state index contributed by atoms with van der Waals surface area (Å²) in [6.45, 7) is 15.6. The van der Waals surface area contributed by atoms with Gasteiger partial charge in [0.25, 0.3) is 0 Å². The first-order valence-electron chi connectivity index (χ1n) is 6.85. The van der Waals surface area contributed by atoms with Crippen molar-refractivity contribution in [3.8, 4) is 5.75 Å². The molecule has 0 saturated heterocycles. The van der Waals surface area contributed by atoms with Crippen LogP contribution in [0, 0.1) is 5.41 Å². The molecule has 1 rings (SSSR count). The average Bonchev–Trinajstić information content (AvgIpc) is 2.37. The van der Waals surface area contributed by atoms with Crippen LogP contribution in [-0.2, 0) is 6.42 Å². The first-order valence-corrected chi connectivity index (χ1v) is 6.85. The first-order chi connectivity index (χ1) is 9.66. The van der Waals surface area contributed by atoms with Gasteiger partial charge in [-0.05, 0) is 48.7 Å². The van der Waals surface area contributed by atoms with Gasteiger partial charge in [0.1, 0.15) is 11.6 Å². The molecule has 21 heavy (non-hydrogen) atoms. The van der Waals surface area contributed by atoms with Gasteiger partial charge < -0.3 is 5.11 Å². The number of aliphatic imine (C=N–C) groups is 1. The summed E-state index contributed by atoms with van der Waals surface area (Å²) in [6, 6.07) is 7.19. The fourth-order valence-electron chi connectivity index (χ4n) is 2.05. The second-order valence-electron chi connectivity index (χ2n) is 6.16. The number of rotatable bonds is 5. The lowest BCUT2D eigenvalue weighted by atomic mass is 9.82. The molecule has 4 heteroatoms. The summed E-state index contributed by atoms with van der Waals surface area (Å²) in [6.07, 6.45) is 0.632. The summed E-state index contributed by atoms with van der Waals surface area (Å²) in [5.74, 6) is 6.90. The predicted octanol–water partition coefficient (Wildman–Crippen LogP) is 3.60.